The van der Waals surface area contributed by atoms with Gasteiger partial charge in [-0.15, -0.1) is 11.8 Å². The highest BCUT2D eigenvalue weighted by molar-refractivity contribution is 8.13. The highest BCUT2D eigenvalue weighted by atomic mass is 32.2. The van der Waals surface area contributed by atoms with Crippen LogP contribution in [0.3, 0.4) is 0 Å². The summed E-state index contributed by atoms with van der Waals surface area (Å²) in [5.41, 5.74) is 0.795. The molecule has 0 fully saturated rings. The molecule has 0 N–H and O–H groups in total. The van der Waals surface area contributed by atoms with Crippen LogP contribution in [0.25, 0.3) is 0 Å². The van der Waals surface area contributed by atoms with Gasteiger partial charge >= 0.3 is 5.97 Å². The maximum Gasteiger partial charge on any atom is 0.340 e. The number of para-hydroxylation sites is 1. The van der Waals surface area contributed by atoms with Gasteiger partial charge in [-0.05, 0) is 25.3 Å². The standard InChI is InChI=1S/C14H13NO4S/c1-7(16)10-12(17)8-5-4-6-9(14(18)19-2)11(8)15-13(10)20-3/h4-6,10H,1-3H3. The first-order chi connectivity index (χ1) is 9.51. The average molecular weight is 291 g/mol. The second-order valence-electron chi connectivity index (χ2n) is 4.26. The normalized spacial score (nSPS) is 17.2. The Bertz CT molecular complexity index is 636. The fourth-order valence-electron chi connectivity index (χ4n) is 2.10. The molecule has 1 aromatic carbocycles. The second kappa shape index (κ2) is 5.58. The van der Waals surface area contributed by atoms with Gasteiger partial charge in [0.15, 0.2) is 5.78 Å². The number of methoxy groups -OCH3 is 1. The van der Waals surface area contributed by atoms with E-state index in [0.29, 0.717) is 5.04 Å². The Morgan fingerprint density at radius 2 is 2.05 bits per heavy atom. The maximum atomic E-state index is 12.4. The van der Waals surface area contributed by atoms with Gasteiger partial charge in [-0.2, -0.15) is 0 Å². The molecule has 0 aromatic heterocycles. The van der Waals surface area contributed by atoms with E-state index in [9.17, 15) is 14.4 Å². The molecule has 0 aliphatic carbocycles. The fraction of sp³-hybridized carbons (Fsp3) is 0.286. The van der Waals surface area contributed by atoms with Crippen LogP contribution < -0.4 is 0 Å². The summed E-state index contributed by atoms with van der Waals surface area (Å²) in [6.45, 7) is 1.36. The van der Waals surface area contributed by atoms with Gasteiger partial charge in [-0.1, -0.05) is 6.07 Å². The van der Waals surface area contributed by atoms with Gasteiger partial charge in [0.05, 0.1) is 23.4 Å². The number of hydrogen-bond donors (Lipinski definition) is 0. The van der Waals surface area contributed by atoms with Crippen LogP contribution in [0.1, 0.15) is 27.6 Å². The van der Waals surface area contributed by atoms with Gasteiger partial charge in [0, 0.05) is 5.56 Å². The summed E-state index contributed by atoms with van der Waals surface area (Å²) in [5.74, 6) is -2.00. The fourth-order valence-corrected chi connectivity index (χ4v) is 2.79. The van der Waals surface area contributed by atoms with Crippen molar-refractivity contribution in [1.82, 2.24) is 0 Å². The summed E-state index contributed by atoms with van der Waals surface area (Å²) in [4.78, 5) is 40.1. The highest BCUT2D eigenvalue weighted by Gasteiger charge is 2.36. The molecule has 0 radical (unpaired) electrons. The molecule has 1 aliphatic heterocycles. The number of ether oxygens (including phenoxy) is 1. The lowest BCUT2D eigenvalue weighted by molar-refractivity contribution is -0.117. The number of fused-ring (bicyclic) bond motifs is 1. The molecule has 1 aliphatic rings. The van der Waals surface area contributed by atoms with Crippen molar-refractivity contribution < 1.29 is 19.1 Å². The number of thioether (sulfide) groups is 1. The Morgan fingerprint density at radius 3 is 2.60 bits per heavy atom. The summed E-state index contributed by atoms with van der Waals surface area (Å²) in [7, 11) is 1.27. The van der Waals surface area contributed by atoms with Crippen LogP contribution in [0, 0.1) is 5.92 Å². The van der Waals surface area contributed by atoms with E-state index < -0.39 is 11.9 Å². The quantitative estimate of drug-likeness (QED) is 0.617. The summed E-state index contributed by atoms with van der Waals surface area (Å²) < 4.78 is 4.69. The predicted octanol–water partition coefficient (Wildman–Crippen LogP) is 2.27. The first-order valence-corrected chi connectivity index (χ1v) is 7.12. The highest BCUT2D eigenvalue weighted by Crippen LogP contribution is 2.35. The lowest BCUT2D eigenvalue weighted by Gasteiger charge is -2.21. The van der Waals surface area contributed by atoms with E-state index in [1.807, 2.05) is 0 Å². The molecule has 0 saturated heterocycles. The number of rotatable bonds is 2. The van der Waals surface area contributed by atoms with Gasteiger partial charge < -0.3 is 4.74 Å². The smallest absolute Gasteiger partial charge is 0.340 e. The maximum absolute atomic E-state index is 12.4. The van der Waals surface area contributed by atoms with Crippen LogP contribution in [-0.4, -0.2) is 35.9 Å². The van der Waals surface area contributed by atoms with Gasteiger partial charge in [0.2, 0.25) is 0 Å². The summed E-state index contributed by atoms with van der Waals surface area (Å²) in [6, 6.07) is 4.70. The molecule has 1 heterocycles. The Morgan fingerprint density at radius 1 is 1.35 bits per heavy atom. The number of aliphatic imine (C=N–C) groups is 1. The van der Waals surface area contributed by atoms with Gasteiger partial charge in [0.25, 0.3) is 0 Å². The summed E-state index contributed by atoms with van der Waals surface area (Å²) >= 11 is 1.23. The number of carbonyl (C=O) groups is 3. The van der Waals surface area contributed by atoms with E-state index in [1.165, 1.54) is 25.8 Å². The van der Waals surface area contributed by atoms with E-state index in [2.05, 4.69) is 9.73 Å². The molecule has 0 amide bonds. The van der Waals surface area contributed by atoms with Crippen molar-refractivity contribution in [2.24, 2.45) is 10.9 Å². The second-order valence-corrected chi connectivity index (χ2v) is 5.08. The van der Waals surface area contributed by atoms with E-state index in [4.69, 9.17) is 0 Å². The molecule has 2 rings (SSSR count). The number of ketones is 2. The molecule has 20 heavy (non-hydrogen) atoms. The molecule has 1 unspecified atom stereocenters. The molecule has 104 valence electrons. The summed E-state index contributed by atoms with van der Waals surface area (Å²) in [5, 5.41) is 0.409. The molecular formula is C14H13NO4S. The average Bonchev–Trinajstić information content (AvgIpc) is 2.45. The minimum Gasteiger partial charge on any atom is -0.465 e. The van der Waals surface area contributed by atoms with Crippen molar-refractivity contribution in [2.45, 2.75) is 6.92 Å². The van der Waals surface area contributed by atoms with Crippen LogP contribution in [-0.2, 0) is 9.53 Å². The third-order valence-corrected chi connectivity index (χ3v) is 3.80. The number of nitrogens with zero attached hydrogens (tertiary/aromatic N) is 1. The third-order valence-electron chi connectivity index (χ3n) is 3.05. The predicted molar refractivity (Wildman–Crippen MR) is 76.9 cm³/mol. The largest absolute Gasteiger partial charge is 0.465 e. The third kappa shape index (κ3) is 2.27. The van der Waals surface area contributed by atoms with Crippen molar-refractivity contribution in [3.8, 4) is 0 Å². The number of benzene rings is 1. The van der Waals surface area contributed by atoms with E-state index >= 15 is 0 Å². The van der Waals surface area contributed by atoms with Crippen molar-refractivity contribution >= 4 is 40.0 Å². The van der Waals surface area contributed by atoms with Crippen LogP contribution >= 0.6 is 11.8 Å². The van der Waals surface area contributed by atoms with Crippen LogP contribution in [0.5, 0.6) is 0 Å². The number of carbonyl (C=O) groups excluding carboxylic acids is 3. The lowest BCUT2D eigenvalue weighted by Crippen LogP contribution is -2.31. The molecular weight excluding hydrogens is 278 g/mol. The zero-order valence-corrected chi connectivity index (χ0v) is 12.1. The number of hydrogen-bond acceptors (Lipinski definition) is 6. The Balaban J connectivity index is 2.67. The Labute approximate surface area is 120 Å². The van der Waals surface area contributed by atoms with Crippen molar-refractivity contribution in [1.29, 1.82) is 0 Å². The van der Waals surface area contributed by atoms with Gasteiger partial charge in [0.1, 0.15) is 11.7 Å². The van der Waals surface area contributed by atoms with Crippen molar-refractivity contribution in [3.05, 3.63) is 29.3 Å². The van der Waals surface area contributed by atoms with E-state index in [1.54, 1.807) is 24.5 Å². The van der Waals surface area contributed by atoms with Crippen LogP contribution in [0.4, 0.5) is 5.69 Å². The summed E-state index contributed by atoms with van der Waals surface area (Å²) in [6.07, 6.45) is 1.74. The number of Topliss-reactive ketones (excluding diaryl/α,β-unsaturated/α-hetero) is 2. The minimum absolute atomic E-state index is 0.229. The van der Waals surface area contributed by atoms with E-state index in [0.717, 1.165) is 0 Å². The molecule has 1 aromatic rings. The number of esters is 1. The lowest BCUT2D eigenvalue weighted by atomic mass is 9.90. The zero-order chi connectivity index (χ0) is 14.9. The monoisotopic (exact) mass is 291 g/mol. The molecule has 1 atom stereocenters. The minimum atomic E-state index is -0.870. The van der Waals surface area contributed by atoms with Gasteiger partial charge in [-0.3, -0.25) is 9.59 Å². The van der Waals surface area contributed by atoms with E-state index in [-0.39, 0.29) is 28.4 Å². The van der Waals surface area contributed by atoms with Gasteiger partial charge in [-0.25, -0.2) is 9.79 Å². The first-order valence-electron chi connectivity index (χ1n) is 5.89. The van der Waals surface area contributed by atoms with Crippen molar-refractivity contribution in [2.75, 3.05) is 13.4 Å². The SMILES string of the molecule is COC(=O)c1cccc2c1N=C(SC)C(C(C)=O)C2=O. The Hall–Kier alpha value is -1.95. The van der Waals surface area contributed by atoms with Crippen LogP contribution in [0.15, 0.2) is 23.2 Å². The molecule has 0 saturated carbocycles. The molecule has 0 bridgehead atoms. The zero-order valence-electron chi connectivity index (χ0n) is 11.3. The Kier molecular flexibility index (Phi) is 4.04. The molecule has 5 nitrogen and oxygen atoms in total. The molecule has 6 heteroatoms. The first kappa shape index (κ1) is 14.5. The van der Waals surface area contributed by atoms with Crippen molar-refractivity contribution in [3.63, 3.8) is 0 Å². The topological polar surface area (TPSA) is 72.8 Å². The van der Waals surface area contributed by atoms with Crippen LogP contribution in [0.2, 0.25) is 0 Å². The molecule has 0 spiro atoms.